The smallest absolute Gasteiger partial charge is 0.265 e. The molecule has 10 heteroatoms. The van der Waals surface area contributed by atoms with Gasteiger partial charge in [-0.25, -0.2) is 4.98 Å². The van der Waals surface area contributed by atoms with E-state index in [2.05, 4.69) is 15.1 Å². The van der Waals surface area contributed by atoms with Crippen molar-refractivity contribution in [3.63, 3.8) is 0 Å². The number of carbonyl (C=O) groups is 2. The van der Waals surface area contributed by atoms with E-state index in [9.17, 15) is 9.59 Å². The summed E-state index contributed by atoms with van der Waals surface area (Å²) in [4.78, 5) is 32.4. The second kappa shape index (κ2) is 8.26. The van der Waals surface area contributed by atoms with Crippen LogP contribution < -0.4 is 11.5 Å². The monoisotopic (exact) mass is 483 g/mol. The van der Waals surface area contributed by atoms with Gasteiger partial charge in [-0.1, -0.05) is 0 Å². The van der Waals surface area contributed by atoms with Crippen LogP contribution in [-0.2, 0) is 4.79 Å². The summed E-state index contributed by atoms with van der Waals surface area (Å²) in [6, 6.07) is 9.65. The van der Waals surface area contributed by atoms with E-state index in [0.29, 0.717) is 22.9 Å². The highest BCUT2D eigenvalue weighted by atomic mass is 16.3. The third-order valence-corrected chi connectivity index (χ3v) is 6.95. The van der Waals surface area contributed by atoms with Crippen LogP contribution in [0.4, 0.5) is 5.82 Å². The molecule has 1 aliphatic heterocycles. The molecule has 182 valence electrons. The number of furan rings is 1. The number of amides is 2. The lowest BCUT2D eigenvalue weighted by Gasteiger charge is -2.31. The molecule has 0 radical (unpaired) electrons. The summed E-state index contributed by atoms with van der Waals surface area (Å²) < 4.78 is 8.13. The number of hydrogen-bond acceptors (Lipinski definition) is 6. The molecule has 1 aliphatic rings. The Morgan fingerprint density at radius 2 is 1.92 bits per heavy atom. The number of hydrogen-bond donors (Lipinski definition) is 3. The van der Waals surface area contributed by atoms with E-state index in [4.69, 9.17) is 15.9 Å². The minimum Gasteiger partial charge on any atom is -0.452 e. The topological polar surface area (TPSA) is 149 Å². The Labute approximate surface area is 205 Å². The fourth-order valence-electron chi connectivity index (χ4n) is 4.96. The van der Waals surface area contributed by atoms with Crippen LogP contribution in [-0.4, -0.2) is 49.6 Å². The molecule has 1 saturated heterocycles. The molecule has 6 rings (SSSR count). The molecule has 1 fully saturated rings. The number of fused-ring (bicyclic) bond motifs is 2. The van der Waals surface area contributed by atoms with Crippen LogP contribution in [0.2, 0.25) is 0 Å². The van der Waals surface area contributed by atoms with Crippen LogP contribution in [0.15, 0.2) is 53.3 Å². The van der Waals surface area contributed by atoms with Crippen molar-refractivity contribution in [2.24, 2.45) is 5.73 Å². The zero-order chi connectivity index (χ0) is 25.0. The Morgan fingerprint density at radius 3 is 2.67 bits per heavy atom. The Morgan fingerprint density at radius 1 is 1.11 bits per heavy atom. The Kier molecular flexibility index (Phi) is 5.03. The molecule has 5 aromatic rings. The molecule has 4 aromatic heterocycles. The number of H-pyrrole nitrogens is 1. The molecule has 0 spiro atoms. The molecular weight excluding hydrogens is 458 g/mol. The fourth-order valence-corrected chi connectivity index (χ4v) is 4.96. The van der Waals surface area contributed by atoms with Gasteiger partial charge in [0.15, 0.2) is 11.4 Å². The molecule has 0 bridgehead atoms. The Hall–Kier alpha value is -4.60. The number of aromatic amines is 1. The van der Waals surface area contributed by atoms with E-state index in [0.717, 1.165) is 58.9 Å². The lowest BCUT2D eigenvalue weighted by molar-refractivity contribution is -0.130. The van der Waals surface area contributed by atoms with Crippen LogP contribution in [0.25, 0.3) is 44.3 Å². The van der Waals surface area contributed by atoms with Crippen molar-refractivity contribution in [2.45, 2.75) is 25.8 Å². The number of benzene rings is 1. The molecule has 5 heterocycles. The van der Waals surface area contributed by atoms with Gasteiger partial charge in [0.05, 0.1) is 12.2 Å². The summed E-state index contributed by atoms with van der Waals surface area (Å²) in [5, 5.41) is 6.31. The number of primary amides is 1. The van der Waals surface area contributed by atoms with Crippen LogP contribution in [0.5, 0.6) is 0 Å². The van der Waals surface area contributed by atoms with Crippen LogP contribution in [0.1, 0.15) is 36.3 Å². The average molecular weight is 484 g/mol. The standard InChI is InChI=1S/C26H25N7O3/c1-14(34)32-6-4-18(5-7-32)33-13-17(11-30-33)20-12-29-25(27)24-19(20)10-23(36-24)15-2-3-21-16(8-15)9-22(31-21)26(28)35/h2-3,8-13,18,31H,4-7H2,1H3,(H2,27,29)(H2,28,35). The van der Waals surface area contributed by atoms with E-state index in [1.54, 1.807) is 19.2 Å². The van der Waals surface area contributed by atoms with Gasteiger partial charge >= 0.3 is 0 Å². The van der Waals surface area contributed by atoms with Crippen molar-refractivity contribution < 1.29 is 14.0 Å². The summed E-state index contributed by atoms with van der Waals surface area (Å²) in [6.45, 7) is 3.08. The predicted molar refractivity (Wildman–Crippen MR) is 136 cm³/mol. The molecule has 0 atom stereocenters. The van der Waals surface area contributed by atoms with E-state index in [1.165, 1.54) is 0 Å². The van der Waals surface area contributed by atoms with Gasteiger partial charge in [-0.15, -0.1) is 0 Å². The minimum absolute atomic E-state index is 0.115. The number of pyridine rings is 1. The number of rotatable bonds is 4. The Bertz CT molecular complexity index is 1640. The first-order chi connectivity index (χ1) is 17.4. The number of aromatic nitrogens is 4. The SMILES string of the molecule is CC(=O)N1CCC(n2cc(-c3cnc(N)c4oc(-c5ccc6[nH]c(C(N)=O)cc6c5)cc34)cn2)CC1. The second-order valence-corrected chi connectivity index (χ2v) is 9.21. The molecule has 0 aliphatic carbocycles. The van der Waals surface area contributed by atoms with Gasteiger partial charge in [-0.3, -0.25) is 14.3 Å². The summed E-state index contributed by atoms with van der Waals surface area (Å²) >= 11 is 0. The highest BCUT2D eigenvalue weighted by Crippen LogP contribution is 2.37. The average Bonchev–Trinajstić information content (AvgIpc) is 3.62. The van der Waals surface area contributed by atoms with Crippen molar-refractivity contribution in [3.8, 4) is 22.5 Å². The van der Waals surface area contributed by atoms with Crippen molar-refractivity contribution in [1.82, 2.24) is 24.6 Å². The molecule has 10 nitrogen and oxygen atoms in total. The quantitative estimate of drug-likeness (QED) is 0.355. The second-order valence-electron chi connectivity index (χ2n) is 9.21. The maximum atomic E-state index is 11.6. The number of nitrogens with one attached hydrogen (secondary N) is 1. The maximum Gasteiger partial charge on any atom is 0.265 e. The van der Waals surface area contributed by atoms with Crippen LogP contribution >= 0.6 is 0 Å². The van der Waals surface area contributed by atoms with Gasteiger partial charge in [0.25, 0.3) is 5.91 Å². The number of anilines is 1. The van der Waals surface area contributed by atoms with Crippen LogP contribution in [0, 0.1) is 0 Å². The lowest BCUT2D eigenvalue weighted by atomic mass is 10.0. The molecular formula is C26H25N7O3. The first kappa shape index (κ1) is 21.9. The van der Waals surface area contributed by atoms with Gasteiger partial charge in [-0.2, -0.15) is 5.10 Å². The number of nitrogens with two attached hydrogens (primary N) is 2. The number of likely N-dealkylation sites (tertiary alicyclic amines) is 1. The number of nitrogen functional groups attached to an aromatic ring is 1. The summed E-state index contributed by atoms with van der Waals surface area (Å²) in [6.07, 6.45) is 7.32. The third kappa shape index (κ3) is 3.67. The molecule has 1 aromatic carbocycles. The zero-order valence-corrected chi connectivity index (χ0v) is 19.7. The van der Waals surface area contributed by atoms with Gasteiger partial charge in [0.1, 0.15) is 11.5 Å². The van der Waals surface area contributed by atoms with Gasteiger partial charge < -0.3 is 25.8 Å². The highest BCUT2D eigenvalue weighted by molar-refractivity contribution is 6.01. The van der Waals surface area contributed by atoms with Crippen molar-refractivity contribution in [3.05, 3.63) is 54.6 Å². The van der Waals surface area contributed by atoms with Crippen LogP contribution in [0.3, 0.4) is 0 Å². The predicted octanol–water partition coefficient (Wildman–Crippen LogP) is 3.70. The third-order valence-electron chi connectivity index (χ3n) is 6.95. The van der Waals surface area contributed by atoms with Gasteiger partial charge in [0.2, 0.25) is 5.91 Å². The van der Waals surface area contributed by atoms with E-state index in [-0.39, 0.29) is 11.9 Å². The normalized spacial score (nSPS) is 14.6. The first-order valence-corrected chi connectivity index (χ1v) is 11.8. The number of nitrogens with zero attached hydrogens (tertiary/aromatic N) is 4. The summed E-state index contributed by atoms with van der Waals surface area (Å²) in [5.41, 5.74) is 15.9. The van der Waals surface area contributed by atoms with Gasteiger partial charge in [0, 0.05) is 65.4 Å². The largest absolute Gasteiger partial charge is 0.452 e. The molecule has 36 heavy (non-hydrogen) atoms. The molecule has 0 saturated carbocycles. The van der Waals surface area contributed by atoms with Crippen molar-refractivity contribution >= 4 is 39.5 Å². The Balaban J connectivity index is 1.34. The van der Waals surface area contributed by atoms with E-state index < -0.39 is 5.91 Å². The van der Waals surface area contributed by atoms with Crippen molar-refractivity contribution in [2.75, 3.05) is 18.8 Å². The highest BCUT2D eigenvalue weighted by Gasteiger charge is 2.23. The first-order valence-electron chi connectivity index (χ1n) is 11.8. The number of carbonyl (C=O) groups excluding carboxylic acids is 2. The van der Waals surface area contributed by atoms with Gasteiger partial charge in [-0.05, 0) is 43.2 Å². The fraction of sp³-hybridized carbons (Fsp3) is 0.231. The lowest BCUT2D eigenvalue weighted by Crippen LogP contribution is -2.37. The molecule has 0 unspecified atom stereocenters. The summed E-state index contributed by atoms with van der Waals surface area (Å²) in [5.74, 6) is 0.552. The van der Waals surface area contributed by atoms with E-state index in [1.807, 2.05) is 46.2 Å². The molecule has 2 amide bonds. The van der Waals surface area contributed by atoms with E-state index >= 15 is 0 Å². The minimum atomic E-state index is -0.509. The summed E-state index contributed by atoms with van der Waals surface area (Å²) in [7, 11) is 0. The van der Waals surface area contributed by atoms with Crippen molar-refractivity contribution in [1.29, 1.82) is 0 Å². The zero-order valence-electron chi connectivity index (χ0n) is 19.7. The molecule has 5 N–H and O–H groups in total. The maximum absolute atomic E-state index is 11.6. The number of piperidine rings is 1.